The molecule has 1 aromatic rings. The molecule has 0 bridgehead atoms. The van der Waals surface area contributed by atoms with Crippen molar-refractivity contribution >= 4 is 11.6 Å². The Hall–Kier alpha value is -1.76. The first kappa shape index (κ1) is 17.3. The van der Waals surface area contributed by atoms with Crippen molar-refractivity contribution in [2.45, 2.75) is 19.5 Å². The van der Waals surface area contributed by atoms with E-state index in [1.54, 1.807) is 0 Å². The first-order valence-corrected chi connectivity index (χ1v) is 6.65. The molecule has 0 spiro atoms. The highest BCUT2D eigenvalue weighted by molar-refractivity contribution is 5.94. The normalized spacial score (nSPS) is 11.3. The number of anilines is 1. The van der Waals surface area contributed by atoms with Crippen LogP contribution in [0.5, 0.6) is 0 Å². The second-order valence-electron chi connectivity index (χ2n) is 4.31. The van der Waals surface area contributed by atoms with Crippen LogP contribution in [-0.2, 0) is 10.9 Å². The van der Waals surface area contributed by atoms with E-state index >= 15 is 0 Å². The molecule has 21 heavy (non-hydrogen) atoms. The van der Waals surface area contributed by atoms with E-state index in [1.807, 2.05) is 6.92 Å². The summed E-state index contributed by atoms with van der Waals surface area (Å²) in [6.07, 6.45) is -3.90. The number of hydrogen-bond acceptors (Lipinski definition) is 3. The number of hydrogen-bond donors (Lipinski definition) is 2. The summed E-state index contributed by atoms with van der Waals surface area (Å²) < 4.78 is 43.8. The second-order valence-corrected chi connectivity index (χ2v) is 4.31. The third-order valence-corrected chi connectivity index (χ3v) is 2.81. The summed E-state index contributed by atoms with van der Waals surface area (Å²) in [6, 6.07) is 3.46. The molecule has 0 heterocycles. The fourth-order valence-electron chi connectivity index (χ4n) is 1.76. The van der Waals surface area contributed by atoms with E-state index in [-0.39, 0.29) is 11.3 Å². The van der Waals surface area contributed by atoms with Crippen molar-refractivity contribution in [3.05, 3.63) is 29.3 Å². The topological polar surface area (TPSA) is 50.4 Å². The molecular formula is C14H19F3N2O2. The van der Waals surface area contributed by atoms with Crippen LogP contribution >= 0.6 is 0 Å². The number of halogens is 3. The van der Waals surface area contributed by atoms with Crippen molar-refractivity contribution in [3.8, 4) is 0 Å². The summed E-state index contributed by atoms with van der Waals surface area (Å²) in [7, 11) is 1.40. The van der Waals surface area contributed by atoms with Crippen molar-refractivity contribution in [1.82, 2.24) is 5.32 Å². The number of nitrogens with one attached hydrogen (secondary N) is 2. The van der Waals surface area contributed by atoms with Gasteiger partial charge in [0.2, 0.25) is 0 Å². The number of benzene rings is 1. The lowest BCUT2D eigenvalue weighted by Crippen LogP contribution is -2.25. The molecule has 1 rings (SSSR count). The van der Waals surface area contributed by atoms with Crippen molar-refractivity contribution < 1.29 is 22.7 Å². The van der Waals surface area contributed by atoms with Gasteiger partial charge in [0.15, 0.2) is 0 Å². The second kappa shape index (κ2) is 7.87. The Morgan fingerprint density at radius 2 is 2.05 bits per heavy atom. The molecule has 0 aliphatic carbocycles. The van der Waals surface area contributed by atoms with Crippen LogP contribution in [0.2, 0.25) is 0 Å². The van der Waals surface area contributed by atoms with Gasteiger partial charge in [-0.2, -0.15) is 13.2 Å². The summed E-state index contributed by atoms with van der Waals surface area (Å²) in [5, 5.41) is 5.03. The van der Waals surface area contributed by atoms with E-state index in [2.05, 4.69) is 10.6 Å². The molecule has 1 aromatic carbocycles. The van der Waals surface area contributed by atoms with Crippen LogP contribution in [0, 0.1) is 0 Å². The number of alkyl halides is 3. The van der Waals surface area contributed by atoms with Gasteiger partial charge in [0.05, 0.1) is 5.56 Å². The summed E-state index contributed by atoms with van der Waals surface area (Å²) in [5.74, 6) is -0.528. The molecule has 1 amide bonds. The van der Waals surface area contributed by atoms with Crippen molar-refractivity contribution in [3.63, 3.8) is 0 Å². The fourth-order valence-corrected chi connectivity index (χ4v) is 1.76. The third-order valence-electron chi connectivity index (χ3n) is 2.81. The molecule has 0 atom stereocenters. The average molecular weight is 304 g/mol. The molecule has 0 aliphatic rings. The van der Waals surface area contributed by atoms with Gasteiger partial charge in [0.25, 0.3) is 5.91 Å². The van der Waals surface area contributed by atoms with E-state index in [0.29, 0.717) is 26.2 Å². The number of rotatable bonds is 7. The Labute approximate surface area is 121 Å². The zero-order chi connectivity index (χ0) is 15.9. The maximum Gasteiger partial charge on any atom is 0.418 e. The molecule has 4 nitrogen and oxygen atoms in total. The minimum absolute atomic E-state index is 0.0160. The van der Waals surface area contributed by atoms with E-state index in [1.165, 1.54) is 19.2 Å². The lowest BCUT2D eigenvalue weighted by atomic mass is 10.1. The maximum absolute atomic E-state index is 12.9. The van der Waals surface area contributed by atoms with Crippen molar-refractivity contribution in [1.29, 1.82) is 0 Å². The van der Waals surface area contributed by atoms with Gasteiger partial charge in [0, 0.05) is 38.1 Å². The summed E-state index contributed by atoms with van der Waals surface area (Å²) in [6.45, 7) is 3.31. The Morgan fingerprint density at radius 1 is 1.33 bits per heavy atom. The van der Waals surface area contributed by atoms with Crippen LogP contribution in [0.3, 0.4) is 0 Å². The molecule has 0 aliphatic heterocycles. The van der Waals surface area contributed by atoms with Gasteiger partial charge in [-0.05, 0) is 31.5 Å². The maximum atomic E-state index is 12.9. The van der Waals surface area contributed by atoms with Crippen LogP contribution in [0.25, 0.3) is 0 Å². The molecule has 118 valence electrons. The molecule has 7 heteroatoms. The third kappa shape index (κ3) is 5.26. The molecule has 0 saturated heterocycles. The van der Waals surface area contributed by atoms with E-state index in [9.17, 15) is 18.0 Å². The van der Waals surface area contributed by atoms with Crippen LogP contribution in [0.15, 0.2) is 18.2 Å². The Balaban J connectivity index is 2.73. The zero-order valence-corrected chi connectivity index (χ0v) is 12.0. The van der Waals surface area contributed by atoms with Gasteiger partial charge in [0.1, 0.15) is 0 Å². The van der Waals surface area contributed by atoms with Crippen LogP contribution in [0.4, 0.5) is 18.9 Å². The minimum Gasteiger partial charge on any atom is -0.388 e. The Bertz CT molecular complexity index is 476. The smallest absolute Gasteiger partial charge is 0.388 e. The van der Waals surface area contributed by atoms with Gasteiger partial charge in [-0.25, -0.2) is 0 Å². The largest absolute Gasteiger partial charge is 0.418 e. The minimum atomic E-state index is -4.51. The fraction of sp³-hybridized carbons (Fsp3) is 0.500. The van der Waals surface area contributed by atoms with Gasteiger partial charge < -0.3 is 15.4 Å². The average Bonchev–Trinajstić information content (AvgIpc) is 2.45. The monoisotopic (exact) mass is 304 g/mol. The van der Waals surface area contributed by atoms with Crippen LogP contribution in [0.1, 0.15) is 29.3 Å². The molecule has 2 N–H and O–H groups in total. The standard InChI is InChI=1S/C14H19F3N2O2/c1-3-21-8-4-7-19-13(20)10-5-6-12(18-2)11(9-10)14(15,16)17/h5-6,9,18H,3-4,7-8H2,1-2H3,(H,19,20). The summed E-state index contributed by atoms with van der Waals surface area (Å²) >= 11 is 0. The first-order chi connectivity index (χ1) is 9.90. The molecule has 0 saturated carbocycles. The zero-order valence-electron chi connectivity index (χ0n) is 12.0. The number of ether oxygens (including phenoxy) is 1. The Kier molecular flexibility index (Phi) is 6.48. The van der Waals surface area contributed by atoms with Crippen molar-refractivity contribution in [2.75, 3.05) is 32.1 Å². The van der Waals surface area contributed by atoms with E-state index in [4.69, 9.17) is 4.74 Å². The molecule has 0 aromatic heterocycles. The highest BCUT2D eigenvalue weighted by atomic mass is 19.4. The molecular weight excluding hydrogens is 285 g/mol. The first-order valence-electron chi connectivity index (χ1n) is 6.65. The summed E-state index contributed by atoms with van der Waals surface area (Å²) in [4.78, 5) is 11.8. The highest BCUT2D eigenvalue weighted by Crippen LogP contribution is 2.35. The predicted octanol–water partition coefficient (Wildman–Crippen LogP) is 2.90. The van der Waals surface area contributed by atoms with Gasteiger partial charge in [-0.15, -0.1) is 0 Å². The quantitative estimate of drug-likeness (QED) is 0.762. The number of carbonyl (C=O) groups excluding carboxylic acids is 1. The molecule has 0 radical (unpaired) electrons. The lowest BCUT2D eigenvalue weighted by Gasteiger charge is -2.14. The van der Waals surface area contributed by atoms with E-state index < -0.39 is 17.6 Å². The van der Waals surface area contributed by atoms with Crippen LogP contribution in [-0.4, -0.2) is 32.7 Å². The van der Waals surface area contributed by atoms with Gasteiger partial charge in [-0.3, -0.25) is 4.79 Å². The summed E-state index contributed by atoms with van der Waals surface area (Å²) in [5.41, 5.74) is -0.930. The number of carbonyl (C=O) groups is 1. The van der Waals surface area contributed by atoms with Crippen LogP contribution < -0.4 is 10.6 Å². The molecule has 0 fully saturated rings. The van der Waals surface area contributed by atoms with Crippen molar-refractivity contribution in [2.24, 2.45) is 0 Å². The van der Waals surface area contributed by atoms with Gasteiger partial charge >= 0.3 is 6.18 Å². The highest BCUT2D eigenvalue weighted by Gasteiger charge is 2.34. The predicted molar refractivity (Wildman–Crippen MR) is 74.4 cm³/mol. The number of amides is 1. The molecule has 0 unspecified atom stereocenters. The SMILES string of the molecule is CCOCCCNC(=O)c1ccc(NC)c(C(F)(F)F)c1. The van der Waals surface area contributed by atoms with E-state index in [0.717, 1.165) is 6.07 Å². The Morgan fingerprint density at radius 3 is 2.62 bits per heavy atom. The van der Waals surface area contributed by atoms with Gasteiger partial charge in [-0.1, -0.05) is 0 Å². The lowest BCUT2D eigenvalue weighted by molar-refractivity contribution is -0.136.